The van der Waals surface area contributed by atoms with E-state index in [1.807, 2.05) is 25.1 Å². The lowest BCUT2D eigenvalue weighted by Gasteiger charge is -2.08. The number of rotatable bonds is 3. The number of nitrogens with zero attached hydrogens (tertiary/aromatic N) is 1. The molecule has 2 N–H and O–H groups in total. The second-order valence-electron chi connectivity index (χ2n) is 3.38. The monoisotopic (exact) mass is 342 g/mol. The van der Waals surface area contributed by atoms with Crippen molar-refractivity contribution in [2.45, 2.75) is 19.8 Å². The van der Waals surface area contributed by atoms with E-state index in [2.05, 4.69) is 37.9 Å². The van der Waals surface area contributed by atoms with Crippen LogP contribution in [-0.2, 0) is 0 Å². The summed E-state index contributed by atoms with van der Waals surface area (Å²) >= 11 is 6.83. The van der Waals surface area contributed by atoms with Gasteiger partial charge in [-0.05, 0) is 24.6 Å². The standard InChI is InChI=1S/C12H12Br2N2/c1-2-3-8(7-15)12(16)10-6-9(13)4-5-11(10)14/h4-6H,2-3,16H2,1H3/b12-8-. The van der Waals surface area contributed by atoms with E-state index in [0.717, 1.165) is 20.9 Å². The first-order valence-corrected chi connectivity index (χ1v) is 6.52. The molecule has 0 aliphatic rings. The molecule has 0 radical (unpaired) electrons. The van der Waals surface area contributed by atoms with E-state index in [9.17, 15) is 0 Å². The molecule has 0 fully saturated rings. The van der Waals surface area contributed by atoms with E-state index in [1.54, 1.807) is 0 Å². The number of hydrogen-bond donors (Lipinski definition) is 1. The van der Waals surface area contributed by atoms with Gasteiger partial charge in [0.05, 0.1) is 17.3 Å². The van der Waals surface area contributed by atoms with Crippen molar-refractivity contribution in [1.82, 2.24) is 0 Å². The number of nitrogens with two attached hydrogens (primary N) is 1. The summed E-state index contributed by atoms with van der Waals surface area (Å²) in [5, 5.41) is 9.03. The number of nitriles is 1. The smallest absolute Gasteiger partial charge is 0.0968 e. The molecule has 84 valence electrons. The first-order chi connectivity index (χ1) is 7.60. The Morgan fingerprint density at radius 3 is 2.69 bits per heavy atom. The van der Waals surface area contributed by atoms with Gasteiger partial charge in [-0.2, -0.15) is 5.26 Å². The fourth-order valence-electron chi connectivity index (χ4n) is 1.37. The van der Waals surface area contributed by atoms with Crippen molar-refractivity contribution in [3.63, 3.8) is 0 Å². The first kappa shape index (κ1) is 13.3. The van der Waals surface area contributed by atoms with Gasteiger partial charge in [0.1, 0.15) is 0 Å². The number of benzene rings is 1. The summed E-state index contributed by atoms with van der Waals surface area (Å²) in [6.07, 6.45) is 1.62. The molecule has 4 heteroatoms. The highest BCUT2D eigenvalue weighted by Gasteiger charge is 2.08. The zero-order valence-corrected chi connectivity index (χ0v) is 12.1. The SMILES string of the molecule is CCC/C(C#N)=C(/N)c1cc(Br)ccc1Br. The number of hydrogen-bond acceptors (Lipinski definition) is 2. The molecule has 0 aliphatic heterocycles. The highest BCUT2D eigenvalue weighted by molar-refractivity contribution is 9.11. The second-order valence-corrected chi connectivity index (χ2v) is 5.15. The van der Waals surface area contributed by atoms with E-state index in [-0.39, 0.29) is 0 Å². The van der Waals surface area contributed by atoms with Gasteiger partial charge in [-0.3, -0.25) is 0 Å². The molecule has 0 atom stereocenters. The van der Waals surface area contributed by atoms with Gasteiger partial charge >= 0.3 is 0 Å². The van der Waals surface area contributed by atoms with Crippen LogP contribution in [0.2, 0.25) is 0 Å². The van der Waals surface area contributed by atoms with Crippen LogP contribution in [0.25, 0.3) is 5.70 Å². The molecule has 1 rings (SSSR count). The topological polar surface area (TPSA) is 49.8 Å². The maximum absolute atomic E-state index is 9.03. The number of allylic oxidation sites excluding steroid dienone is 1. The van der Waals surface area contributed by atoms with Crippen LogP contribution in [0.3, 0.4) is 0 Å². The quantitative estimate of drug-likeness (QED) is 0.836. The summed E-state index contributed by atoms with van der Waals surface area (Å²) in [6, 6.07) is 7.91. The predicted octanol–water partition coefficient (Wildman–Crippen LogP) is 4.21. The summed E-state index contributed by atoms with van der Waals surface area (Å²) < 4.78 is 1.85. The Hall–Kier alpha value is -0.790. The molecule has 0 bridgehead atoms. The largest absolute Gasteiger partial charge is 0.397 e. The normalized spacial score (nSPS) is 11.9. The molecule has 1 aromatic carbocycles. The molecule has 0 spiro atoms. The Morgan fingerprint density at radius 2 is 2.12 bits per heavy atom. The average Bonchev–Trinajstić information content (AvgIpc) is 2.28. The fourth-order valence-corrected chi connectivity index (χ4v) is 2.19. The molecule has 2 nitrogen and oxygen atoms in total. The van der Waals surface area contributed by atoms with E-state index in [4.69, 9.17) is 11.0 Å². The van der Waals surface area contributed by atoms with E-state index in [0.29, 0.717) is 17.7 Å². The van der Waals surface area contributed by atoms with Gasteiger partial charge in [-0.25, -0.2) is 0 Å². The highest BCUT2D eigenvalue weighted by Crippen LogP contribution is 2.27. The van der Waals surface area contributed by atoms with Crippen molar-refractivity contribution < 1.29 is 0 Å². The Labute approximate surface area is 112 Å². The summed E-state index contributed by atoms with van der Waals surface area (Å²) in [5.74, 6) is 0. The summed E-state index contributed by atoms with van der Waals surface area (Å²) in [4.78, 5) is 0. The van der Waals surface area contributed by atoms with Crippen molar-refractivity contribution in [2.75, 3.05) is 0 Å². The maximum Gasteiger partial charge on any atom is 0.0968 e. The van der Waals surface area contributed by atoms with Crippen molar-refractivity contribution in [3.8, 4) is 6.07 Å². The van der Waals surface area contributed by atoms with E-state index < -0.39 is 0 Å². The molecule has 0 saturated carbocycles. The Kier molecular flexibility index (Phi) is 5.04. The van der Waals surface area contributed by atoms with Crippen LogP contribution in [0.15, 0.2) is 32.7 Å². The molecule has 0 saturated heterocycles. The van der Waals surface area contributed by atoms with Crippen LogP contribution in [0.5, 0.6) is 0 Å². The third-order valence-electron chi connectivity index (χ3n) is 2.18. The lowest BCUT2D eigenvalue weighted by molar-refractivity contribution is 0.928. The minimum atomic E-state index is 0.553. The Balaban J connectivity index is 3.27. The van der Waals surface area contributed by atoms with Crippen molar-refractivity contribution in [1.29, 1.82) is 5.26 Å². The van der Waals surface area contributed by atoms with Gasteiger partial charge in [0, 0.05) is 14.5 Å². The van der Waals surface area contributed by atoms with Gasteiger partial charge in [-0.1, -0.05) is 45.2 Å². The average molecular weight is 344 g/mol. The Bertz CT molecular complexity index is 459. The van der Waals surface area contributed by atoms with Crippen molar-refractivity contribution in [2.24, 2.45) is 5.73 Å². The van der Waals surface area contributed by atoms with Gasteiger partial charge in [0.25, 0.3) is 0 Å². The van der Waals surface area contributed by atoms with Gasteiger partial charge in [0.15, 0.2) is 0 Å². The predicted molar refractivity (Wildman–Crippen MR) is 73.5 cm³/mol. The van der Waals surface area contributed by atoms with Gasteiger partial charge in [0.2, 0.25) is 0 Å². The lowest BCUT2D eigenvalue weighted by atomic mass is 10.0. The molecular formula is C12H12Br2N2. The zero-order valence-electron chi connectivity index (χ0n) is 8.93. The number of halogens is 2. The molecule has 16 heavy (non-hydrogen) atoms. The molecule has 0 unspecified atom stereocenters. The minimum Gasteiger partial charge on any atom is -0.397 e. The molecule has 0 amide bonds. The summed E-state index contributed by atoms with van der Waals surface area (Å²) in [6.45, 7) is 2.03. The van der Waals surface area contributed by atoms with Crippen molar-refractivity contribution in [3.05, 3.63) is 38.3 Å². The van der Waals surface area contributed by atoms with Gasteiger partial charge in [-0.15, -0.1) is 0 Å². The molecule has 1 aromatic rings. The van der Waals surface area contributed by atoms with Crippen LogP contribution >= 0.6 is 31.9 Å². The molecule has 0 aromatic heterocycles. The molecule has 0 aliphatic carbocycles. The summed E-state index contributed by atoms with van der Waals surface area (Å²) in [5.41, 5.74) is 8.07. The first-order valence-electron chi connectivity index (χ1n) is 4.94. The van der Waals surface area contributed by atoms with Crippen LogP contribution in [-0.4, -0.2) is 0 Å². The van der Waals surface area contributed by atoms with Crippen LogP contribution in [0, 0.1) is 11.3 Å². The molecular weight excluding hydrogens is 332 g/mol. The summed E-state index contributed by atoms with van der Waals surface area (Å²) in [7, 11) is 0. The van der Waals surface area contributed by atoms with Gasteiger partial charge < -0.3 is 5.73 Å². The minimum absolute atomic E-state index is 0.553. The van der Waals surface area contributed by atoms with E-state index >= 15 is 0 Å². The Morgan fingerprint density at radius 1 is 1.44 bits per heavy atom. The van der Waals surface area contributed by atoms with E-state index in [1.165, 1.54) is 0 Å². The molecule has 0 heterocycles. The zero-order chi connectivity index (χ0) is 12.1. The third kappa shape index (κ3) is 3.10. The van der Waals surface area contributed by atoms with Crippen LogP contribution < -0.4 is 5.73 Å². The van der Waals surface area contributed by atoms with Crippen LogP contribution in [0.1, 0.15) is 25.3 Å². The fraction of sp³-hybridized carbons (Fsp3) is 0.250. The van der Waals surface area contributed by atoms with Crippen LogP contribution in [0.4, 0.5) is 0 Å². The lowest BCUT2D eigenvalue weighted by Crippen LogP contribution is -2.02. The highest BCUT2D eigenvalue weighted by atomic mass is 79.9. The maximum atomic E-state index is 9.03. The van der Waals surface area contributed by atoms with Crippen molar-refractivity contribution >= 4 is 37.6 Å². The third-order valence-corrected chi connectivity index (χ3v) is 3.36. The second kappa shape index (κ2) is 6.07.